The topological polar surface area (TPSA) is 50.8 Å². The van der Waals surface area contributed by atoms with Crippen molar-refractivity contribution in [1.82, 2.24) is 10.2 Å². The van der Waals surface area contributed by atoms with Crippen LogP contribution in [0.15, 0.2) is 18.2 Å². The fourth-order valence-electron chi connectivity index (χ4n) is 3.09. The molecule has 1 aliphatic heterocycles. The maximum Gasteiger partial charge on any atom is 0.257 e. The predicted molar refractivity (Wildman–Crippen MR) is 89.2 cm³/mol. The smallest absolute Gasteiger partial charge is 0.257 e. The minimum absolute atomic E-state index is 0.0464. The van der Waals surface area contributed by atoms with E-state index in [1.165, 1.54) is 12.8 Å². The van der Waals surface area contributed by atoms with E-state index < -0.39 is 0 Å². The Kier molecular flexibility index (Phi) is 5.06. The van der Waals surface area contributed by atoms with Gasteiger partial charge in [0.05, 0.1) is 19.8 Å². The molecule has 1 N–H and O–H groups in total. The fraction of sp³-hybridized carbons (Fsp3) is 0.611. The van der Waals surface area contributed by atoms with Gasteiger partial charge in [0.1, 0.15) is 11.5 Å². The lowest BCUT2D eigenvalue weighted by Gasteiger charge is -2.33. The van der Waals surface area contributed by atoms with Gasteiger partial charge in [-0.1, -0.05) is 0 Å². The third-order valence-electron chi connectivity index (χ3n) is 4.81. The Morgan fingerprint density at radius 2 is 1.91 bits per heavy atom. The molecule has 0 bridgehead atoms. The van der Waals surface area contributed by atoms with Crippen LogP contribution in [0.1, 0.15) is 36.0 Å². The molecule has 1 saturated heterocycles. The van der Waals surface area contributed by atoms with Gasteiger partial charge in [0.15, 0.2) is 0 Å². The van der Waals surface area contributed by atoms with E-state index in [2.05, 4.69) is 5.32 Å². The summed E-state index contributed by atoms with van der Waals surface area (Å²) in [5.74, 6) is 2.22. The second-order valence-electron chi connectivity index (χ2n) is 6.48. The van der Waals surface area contributed by atoms with E-state index in [1.54, 1.807) is 32.4 Å². The summed E-state index contributed by atoms with van der Waals surface area (Å²) >= 11 is 0. The molecule has 2 fully saturated rings. The van der Waals surface area contributed by atoms with Gasteiger partial charge in [0.25, 0.3) is 5.91 Å². The number of benzene rings is 1. The summed E-state index contributed by atoms with van der Waals surface area (Å²) in [6.07, 6.45) is 4.80. The summed E-state index contributed by atoms with van der Waals surface area (Å²) in [5.41, 5.74) is 0.609. The van der Waals surface area contributed by atoms with Crippen LogP contribution in [0.25, 0.3) is 0 Å². The van der Waals surface area contributed by atoms with Gasteiger partial charge in [-0.25, -0.2) is 0 Å². The number of likely N-dealkylation sites (tertiary alicyclic amines) is 1. The van der Waals surface area contributed by atoms with Crippen molar-refractivity contribution in [1.29, 1.82) is 0 Å². The lowest BCUT2D eigenvalue weighted by Crippen LogP contribution is -2.45. The monoisotopic (exact) mass is 318 g/mol. The van der Waals surface area contributed by atoms with Crippen molar-refractivity contribution in [3.8, 4) is 11.5 Å². The second kappa shape index (κ2) is 7.21. The standard InChI is InChI=1S/C18H26N2O3/c1-22-15-5-6-16(17(11-15)23-2)18(21)20-9-7-14(8-10-20)19-12-13-3-4-13/h5-6,11,13-14,19H,3-4,7-10,12H2,1-2H3. The molecule has 0 atom stereocenters. The van der Waals surface area contributed by atoms with Crippen molar-refractivity contribution >= 4 is 5.91 Å². The van der Waals surface area contributed by atoms with Gasteiger partial charge in [-0.05, 0) is 50.3 Å². The minimum Gasteiger partial charge on any atom is -0.497 e. The maximum absolute atomic E-state index is 12.7. The van der Waals surface area contributed by atoms with Crippen molar-refractivity contribution in [3.05, 3.63) is 23.8 Å². The molecule has 23 heavy (non-hydrogen) atoms. The van der Waals surface area contributed by atoms with Crippen LogP contribution in [0.3, 0.4) is 0 Å². The molecule has 5 heteroatoms. The molecule has 0 aromatic heterocycles. The van der Waals surface area contributed by atoms with Crippen LogP contribution in [-0.4, -0.2) is 50.7 Å². The van der Waals surface area contributed by atoms with E-state index >= 15 is 0 Å². The van der Waals surface area contributed by atoms with Crippen molar-refractivity contribution in [2.75, 3.05) is 33.9 Å². The highest BCUT2D eigenvalue weighted by Crippen LogP contribution is 2.29. The molecule has 0 spiro atoms. The number of ether oxygens (including phenoxy) is 2. The molecular weight excluding hydrogens is 292 g/mol. The van der Waals surface area contributed by atoms with E-state index in [0.717, 1.165) is 38.4 Å². The first kappa shape index (κ1) is 16.1. The zero-order valence-electron chi connectivity index (χ0n) is 14.0. The summed E-state index contributed by atoms with van der Waals surface area (Å²) < 4.78 is 10.5. The molecule has 2 aliphatic rings. The highest BCUT2D eigenvalue weighted by molar-refractivity contribution is 5.97. The zero-order chi connectivity index (χ0) is 16.2. The van der Waals surface area contributed by atoms with E-state index in [0.29, 0.717) is 23.1 Å². The summed E-state index contributed by atoms with van der Waals surface area (Å²) in [4.78, 5) is 14.7. The van der Waals surface area contributed by atoms with Crippen molar-refractivity contribution in [2.24, 2.45) is 5.92 Å². The lowest BCUT2D eigenvalue weighted by atomic mass is 10.0. The third-order valence-corrected chi connectivity index (χ3v) is 4.81. The van der Waals surface area contributed by atoms with Crippen LogP contribution in [-0.2, 0) is 0 Å². The van der Waals surface area contributed by atoms with Gasteiger partial charge in [-0.15, -0.1) is 0 Å². The number of carbonyl (C=O) groups is 1. The highest BCUT2D eigenvalue weighted by Gasteiger charge is 2.27. The van der Waals surface area contributed by atoms with E-state index in [4.69, 9.17) is 9.47 Å². The summed E-state index contributed by atoms with van der Waals surface area (Å²) in [6.45, 7) is 2.75. The van der Waals surface area contributed by atoms with Gasteiger partial charge >= 0.3 is 0 Å². The van der Waals surface area contributed by atoms with Gasteiger partial charge in [0.2, 0.25) is 0 Å². The first-order chi connectivity index (χ1) is 11.2. The van der Waals surface area contributed by atoms with Gasteiger partial charge < -0.3 is 19.7 Å². The van der Waals surface area contributed by atoms with Crippen molar-refractivity contribution in [2.45, 2.75) is 31.7 Å². The number of amides is 1. The normalized spacial score (nSPS) is 18.8. The van der Waals surface area contributed by atoms with E-state index in [1.807, 2.05) is 4.90 Å². The predicted octanol–water partition coefficient (Wildman–Crippen LogP) is 2.31. The summed E-state index contributed by atoms with van der Waals surface area (Å²) in [7, 11) is 3.19. The van der Waals surface area contributed by atoms with Crippen molar-refractivity contribution < 1.29 is 14.3 Å². The first-order valence-corrected chi connectivity index (χ1v) is 8.46. The number of piperidine rings is 1. The van der Waals surface area contributed by atoms with Gasteiger partial charge in [-0.3, -0.25) is 4.79 Å². The largest absolute Gasteiger partial charge is 0.497 e. The molecule has 5 nitrogen and oxygen atoms in total. The molecule has 1 heterocycles. The Morgan fingerprint density at radius 1 is 1.17 bits per heavy atom. The number of carbonyl (C=O) groups excluding carboxylic acids is 1. The number of rotatable bonds is 6. The molecule has 1 aliphatic carbocycles. The second-order valence-corrected chi connectivity index (χ2v) is 6.48. The number of hydrogen-bond donors (Lipinski definition) is 1. The molecule has 0 radical (unpaired) electrons. The quantitative estimate of drug-likeness (QED) is 0.874. The Balaban J connectivity index is 1.58. The average Bonchev–Trinajstić information content (AvgIpc) is 3.43. The van der Waals surface area contributed by atoms with Crippen LogP contribution in [0.5, 0.6) is 11.5 Å². The Morgan fingerprint density at radius 3 is 2.52 bits per heavy atom. The molecule has 3 rings (SSSR count). The van der Waals surface area contributed by atoms with Crippen LogP contribution in [0, 0.1) is 5.92 Å². The maximum atomic E-state index is 12.7. The Labute approximate surface area is 137 Å². The van der Waals surface area contributed by atoms with Gasteiger partial charge in [0, 0.05) is 25.2 Å². The van der Waals surface area contributed by atoms with Crippen LogP contribution >= 0.6 is 0 Å². The number of methoxy groups -OCH3 is 2. The summed E-state index contributed by atoms with van der Waals surface area (Å²) in [5, 5.41) is 3.64. The SMILES string of the molecule is COc1ccc(C(=O)N2CCC(NCC3CC3)CC2)c(OC)c1. The van der Waals surface area contributed by atoms with E-state index in [9.17, 15) is 4.79 Å². The highest BCUT2D eigenvalue weighted by atomic mass is 16.5. The first-order valence-electron chi connectivity index (χ1n) is 8.46. The lowest BCUT2D eigenvalue weighted by molar-refractivity contribution is 0.0701. The third kappa shape index (κ3) is 3.96. The molecule has 1 aromatic rings. The van der Waals surface area contributed by atoms with Crippen LogP contribution < -0.4 is 14.8 Å². The van der Waals surface area contributed by atoms with Crippen LogP contribution in [0.2, 0.25) is 0 Å². The Bertz CT molecular complexity index is 549. The number of nitrogens with zero attached hydrogens (tertiary/aromatic N) is 1. The van der Waals surface area contributed by atoms with E-state index in [-0.39, 0.29) is 5.91 Å². The number of nitrogens with one attached hydrogen (secondary N) is 1. The number of hydrogen-bond acceptors (Lipinski definition) is 4. The molecule has 1 aromatic carbocycles. The molecular formula is C18H26N2O3. The molecule has 0 unspecified atom stereocenters. The molecule has 1 saturated carbocycles. The Hall–Kier alpha value is -1.75. The summed E-state index contributed by atoms with van der Waals surface area (Å²) in [6, 6.07) is 5.91. The zero-order valence-corrected chi connectivity index (χ0v) is 14.0. The minimum atomic E-state index is 0.0464. The molecule has 1 amide bonds. The van der Waals surface area contributed by atoms with Gasteiger partial charge in [-0.2, -0.15) is 0 Å². The van der Waals surface area contributed by atoms with Crippen molar-refractivity contribution in [3.63, 3.8) is 0 Å². The molecule has 126 valence electrons. The average molecular weight is 318 g/mol. The van der Waals surface area contributed by atoms with Crippen LogP contribution in [0.4, 0.5) is 0 Å². The fourth-order valence-corrected chi connectivity index (χ4v) is 3.09.